The Labute approximate surface area is 56.6 Å². The zero-order chi connectivity index (χ0) is 6.97. The van der Waals surface area contributed by atoms with Crippen molar-refractivity contribution in [1.82, 2.24) is 4.98 Å². The molecule has 0 bridgehead atoms. The van der Waals surface area contributed by atoms with Crippen LogP contribution in [0.1, 0.15) is 0 Å². The first-order valence-electron chi connectivity index (χ1n) is 2.84. The van der Waals surface area contributed by atoms with Gasteiger partial charge in [-0.3, -0.25) is 0 Å². The number of nitrogens with two attached hydrogens (primary N) is 1. The Morgan fingerprint density at radius 3 is 3.30 bits per heavy atom. The third-order valence-electron chi connectivity index (χ3n) is 1.30. The van der Waals surface area contributed by atoms with Crippen LogP contribution in [0.3, 0.4) is 0 Å². The second kappa shape index (κ2) is 1.74. The second-order valence-electron chi connectivity index (χ2n) is 1.93. The smallest absolute Gasteiger partial charge is 0.415 e. The summed E-state index contributed by atoms with van der Waals surface area (Å²) in [5.74, 6) is 0.377. The van der Waals surface area contributed by atoms with Crippen molar-refractivity contribution in [3.8, 4) is 0 Å². The average molecular weight is 137 g/mol. The Morgan fingerprint density at radius 1 is 1.60 bits per heavy atom. The van der Waals surface area contributed by atoms with E-state index in [1.807, 2.05) is 0 Å². The van der Waals surface area contributed by atoms with E-state index in [2.05, 4.69) is 10.2 Å². The first-order chi connectivity index (χ1) is 4.88. The number of rotatable bonds is 0. The minimum absolute atomic E-state index is 0.377. The number of hydrogen-bond acceptors (Lipinski definition) is 3. The van der Waals surface area contributed by atoms with Gasteiger partial charge in [0.15, 0.2) is 0 Å². The Bertz CT molecular complexity index is 295. The summed E-state index contributed by atoms with van der Waals surface area (Å²) in [5, 5.41) is 14.2. The van der Waals surface area contributed by atoms with Crippen molar-refractivity contribution >= 4 is 11.5 Å². The zero-order valence-corrected chi connectivity index (χ0v) is 5.06. The van der Waals surface area contributed by atoms with Crippen molar-refractivity contribution in [2.45, 2.75) is 0 Å². The summed E-state index contributed by atoms with van der Waals surface area (Å²) in [7, 11) is 0. The van der Waals surface area contributed by atoms with Crippen molar-refractivity contribution in [2.24, 2.45) is 5.22 Å². The number of quaternary nitrogens is 1. The Balaban J connectivity index is 2.61. The average Bonchev–Trinajstić information content (AvgIpc) is 2.34. The summed E-state index contributed by atoms with van der Waals surface area (Å²) in [4.78, 5) is 4.34. The van der Waals surface area contributed by atoms with Crippen LogP contribution in [0.4, 0.5) is 11.5 Å². The van der Waals surface area contributed by atoms with Gasteiger partial charge in [0.05, 0.1) is 0 Å². The van der Waals surface area contributed by atoms with E-state index in [1.54, 1.807) is 18.3 Å². The summed E-state index contributed by atoms with van der Waals surface area (Å²) < 4.78 is 0. The molecule has 1 aromatic heterocycles. The molecule has 0 spiro atoms. The van der Waals surface area contributed by atoms with Crippen LogP contribution in [-0.2, 0) is 0 Å². The number of nitrogens with zero attached hydrogens (tertiary/aromatic N) is 3. The van der Waals surface area contributed by atoms with E-state index in [1.165, 1.54) is 5.43 Å². The third-order valence-corrected chi connectivity index (χ3v) is 1.30. The van der Waals surface area contributed by atoms with E-state index in [9.17, 15) is 5.21 Å². The molecule has 0 aromatic carbocycles. The van der Waals surface area contributed by atoms with Gasteiger partial charge in [0, 0.05) is 6.07 Å². The number of pyridine rings is 1. The topological polar surface area (TPSA) is 67.9 Å². The lowest BCUT2D eigenvalue weighted by Crippen LogP contribution is -2.69. The third kappa shape index (κ3) is 0.577. The van der Waals surface area contributed by atoms with Gasteiger partial charge in [-0.2, -0.15) is 0 Å². The molecule has 2 N–H and O–H groups in total. The zero-order valence-electron chi connectivity index (χ0n) is 5.06. The maximum Gasteiger partial charge on any atom is 0.415 e. The van der Waals surface area contributed by atoms with E-state index in [-0.39, 0.29) is 0 Å². The highest BCUT2D eigenvalue weighted by atomic mass is 16.5. The molecule has 0 saturated heterocycles. The summed E-state index contributed by atoms with van der Waals surface area (Å²) in [5.41, 5.74) is 2.27. The fourth-order valence-corrected chi connectivity index (χ4v) is 0.839. The molecule has 10 heavy (non-hydrogen) atoms. The molecule has 0 saturated carbocycles. The summed E-state index contributed by atoms with van der Waals surface area (Å²) in [6, 6.07) is 3.56. The molecule has 0 fully saturated rings. The predicted octanol–water partition coefficient (Wildman–Crippen LogP) is -0.201. The van der Waals surface area contributed by atoms with E-state index >= 15 is 0 Å². The van der Waals surface area contributed by atoms with Crippen LogP contribution in [0.2, 0.25) is 0 Å². The highest BCUT2D eigenvalue weighted by Gasteiger charge is 2.23. The SMILES string of the molecule is [O-][N+]1=N[NH2+]c2cccnc21. The van der Waals surface area contributed by atoms with Crippen molar-refractivity contribution in [2.75, 3.05) is 0 Å². The van der Waals surface area contributed by atoms with Crippen LogP contribution in [0, 0.1) is 5.21 Å². The molecule has 5 heteroatoms. The summed E-state index contributed by atoms with van der Waals surface area (Å²) in [6.07, 6.45) is 1.57. The van der Waals surface area contributed by atoms with Crippen LogP contribution >= 0.6 is 0 Å². The molecule has 0 atom stereocenters. The number of aromatic nitrogens is 1. The maximum absolute atomic E-state index is 10.7. The monoisotopic (exact) mass is 137 g/mol. The van der Waals surface area contributed by atoms with Crippen molar-refractivity contribution in [3.63, 3.8) is 0 Å². The van der Waals surface area contributed by atoms with Crippen LogP contribution in [0.5, 0.6) is 0 Å². The molecule has 0 amide bonds. The van der Waals surface area contributed by atoms with E-state index in [4.69, 9.17) is 0 Å². The molecule has 1 aromatic rings. The number of hydrogen-bond donors (Lipinski definition) is 1. The van der Waals surface area contributed by atoms with Gasteiger partial charge in [0.2, 0.25) is 0 Å². The molecule has 5 nitrogen and oxygen atoms in total. The molecule has 0 aliphatic carbocycles. The molecule has 0 radical (unpaired) electrons. The van der Waals surface area contributed by atoms with Crippen molar-refractivity contribution in [1.29, 1.82) is 0 Å². The van der Waals surface area contributed by atoms with E-state index in [0.717, 1.165) is 5.69 Å². The fourth-order valence-electron chi connectivity index (χ4n) is 0.839. The lowest BCUT2D eigenvalue weighted by Gasteiger charge is -1.88. The first kappa shape index (κ1) is 5.31. The highest BCUT2D eigenvalue weighted by Crippen LogP contribution is 2.17. The molecular weight excluding hydrogens is 132 g/mol. The lowest BCUT2D eigenvalue weighted by atomic mass is 10.4. The minimum Gasteiger partial charge on any atom is -0.687 e. The largest absolute Gasteiger partial charge is 0.687 e. The van der Waals surface area contributed by atoms with Crippen LogP contribution < -0.4 is 5.43 Å². The Morgan fingerprint density at radius 2 is 2.50 bits per heavy atom. The van der Waals surface area contributed by atoms with Gasteiger partial charge in [0.25, 0.3) is 5.69 Å². The Hall–Kier alpha value is -1.49. The minimum atomic E-state index is 0.377. The predicted molar refractivity (Wildman–Crippen MR) is 31.5 cm³/mol. The molecule has 0 unspecified atom stereocenters. The molecule has 2 heterocycles. The summed E-state index contributed by atoms with van der Waals surface area (Å²) >= 11 is 0. The molecule has 1 aliphatic heterocycles. The molecule has 1 aliphatic rings. The molecular formula is C5H5N4O+. The first-order valence-corrected chi connectivity index (χ1v) is 2.84. The van der Waals surface area contributed by atoms with Crippen LogP contribution in [-0.4, -0.2) is 9.84 Å². The normalized spacial score (nSPS) is 14.6. The standard InChI is InChI=1S/C5H4N4O/c10-9-5-4(7-8-9)2-1-3-6-5/h1-3,7H/p+1. The van der Waals surface area contributed by atoms with E-state index < -0.39 is 0 Å². The van der Waals surface area contributed by atoms with Gasteiger partial charge in [-0.25, -0.2) is 0 Å². The van der Waals surface area contributed by atoms with Gasteiger partial charge in [-0.1, -0.05) is 4.86 Å². The van der Waals surface area contributed by atoms with Gasteiger partial charge >= 0.3 is 5.82 Å². The Kier molecular flexibility index (Phi) is 0.925. The van der Waals surface area contributed by atoms with Gasteiger partial charge in [-0.05, 0) is 11.1 Å². The lowest BCUT2D eigenvalue weighted by molar-refractivity contribution is -0.669. The quantitative estimate of drug-likeness (QED) is 0.305. The fraction of sp³-hybridized carbons (Fsp3) is 0. The molecule has 50 valence electrons. The van der Waals surface area contributed by atoms with Crippen molar-refractivity contribution < 1.29 is 10.3 Å². The van der Waals surface area contributed by atoms with Crippen LogP contribution in [0.25, 0.3) is 0 Å². The van der Waals surface area contributed by atoms with Crippen LogP contribution in [0.15, 0.2) is 23.6 Å². The maximum atomic E-state index is 10.7. The molecule has 2 rings (SSSR count). The van der Waals surface area contributed by atoms with Gasteiger partial charge < -0.3 is 5.21 Å². The van der Waals surface area contributed by atoms with Crippen molar-refractivity contribution in [3.05, 3.63) is 23.5 Å². The van der Waals surface area contributed by atoms with Gasteiger partial charge in [0.1, 0.15) is 11.4 Å². The van der Waals surface area contributed by atoms with E-state index in [0.29, 0.717) is 10.7 Å². The van der Waals surface area contributed by atoms with Gasteiger partial charge in [-0.15, -0.1) is 5.43 Å². The summed E-state index contributed by atoms with van der Waals surface area (Å²) in [6.45, 7) is 0. The number of fused-ring (bicyclic) bond motifs is 1. The highest BCUT2D eigenvalue weighted by molar-refractivity contribution is 5.44. The second-order valence-corrected chi connectivity index (χ2v) is 1.93.